The number of aromatic nitrogens is 2. The van der Waals surface area contributed by atoms with Crippen LogP contribution in [-0.4, -0.2) is 9.97 Å². The summed E-state index contributed by atoms with van der Waals surface area (Å²) in [4.78, 5) is 7.07. The number of nitrogens with zero attached hydrogens (tertiary/aromatic N) is 2. The molecule has 0 amide bonds. The SMILES string of the molecule is Cc1ccc(Nc2cc(C(F)(F)F)nc(NN)n2)cc1Cl. The molecular weight excluding hydrogens is 307 g/mol. The summed E-state index contributed by atoms with van der Waals surface area (Å²) in [6.07, 6.45) is -4.60. The first kappa shape index (κ1) is 15.3. The summed E-state index contributed by atoms with van der Waals surface area (Å²) in [6, 6.07) is 5.78. The molecule has 9 heteroatoms. The molecule has 2 rings (SSSR count). The van der Waals surface area contributed by atoms with Gasteiger partial charge in [0.1, 0.15) is 5.82 Å². The average molecular weight is 318 g/mol. The number of nitrogens with two attached hydrogens (primary N) is 1. The Morgan fingerprint density at radius 3 is 2.48 bits per heavy atom. The third kappa shape index (κ3) is 3.73. The van der Waals surface area contributed by atoms with E-state index in [1.54, 1.807) is 18.2 Å². The lowest BCUT2D eigenvalue weighted by Gasteiger charge is -2.12. The molecule has 0 fully saturated rings. The first-order chi connectivity index (χ1) is 9.79. The van der Waals surface area contributed by atoms with Gasteiger partial charge in [-0.1, -0.05) is 17.7 Å². The van der Waals surface area contributed by atoms with Gasteiger partial charge in [-0.05, 0) is 24.6 Å². The molecule has 112 valence electrons. The average Bonchev–Trinajstić information content (AvgIpc) is 2.41. The number of alkyl halides is 3. The molecule has 4 N–H and O–H groups in total. The molecule has 0 bridgehead atoms. The molecule has 0 aliphatic carbocycles. The number of nitrogens with one attached hydrogen (secondary N) is 2. The van der Waals surface area contributed by atoms with Gasteiger partial charge in [0.15, 0.2) is 5.69 Å². The van der Waals surface area contributed by atoms with Crippen molar-refractivity contribution >= 4 is 29.1 Å². The van der Waals surface area contributed by atoms with Crippen LogP contribution in [0.2, 0.25) is 5.02 Å². The van der Waals surface area contributed by atoms with Gasteiger partial charge < -0.3 is 5.32 Å². The number of nitrogen functional groups attached to an aromatic ring is 1. The van der Waals surface area contributed by atoms with Crippen molar-refractivity contribution in [3.63, 3.8) is 0 Å². The van der Waals surface area contributed by atoms with Crippen molar-refractivity contribution < 1.29 is 13.2 Å². The van der Waals surface area contributed by atoms with E-state index in [2.05, 4.69) is 15.3 Å². The lowest BCUT2D eigenvalue weighted by atomic mass is 10.2. The second-order valence-corrected chi connectivity index (χ2v) is 4.60. The second kappa shape index (κ2) is 5.74. The Hall–Kier alpha value is -2.06. The Labute approximate surface area is 123 Å². The minimum atomic E-state index is -4.60. The molecule has 0 saturated heterocycles. The number of aryl methyl sites for hydroxylation is 1. The zero-order valence-electron chi connectivity index (χ0n) is 10.8. The zero-order chi connectivity index (χ0) is 15.6. The largest absolute Gasteiger partial charge is 0.433 e. The summed E-state index contributed by atoms with van der Waals surface area (Å²) in [5, 5.41) is 3.22. The lowest BCUT2D eigenvalue weighted by Crippen LogP contribution is -2.16. The maximum absolute atomic E-state index is 12.7. The van der Waals surface area contributed by atoms with Crippen LogP contribution >= 0.6 is 11.6 Å². The summed E-state index contributed by atoms with van der Waals surface area (Å²) >= 11 is 5.96. The van der Waals surface area contributed by atoms with Crippen molar-refractivity contribution in [1.82, 2.24) is 9.97 Å². The van der Waals surface area contributed by atoms with Crippen molar-refractivity contribution in [3.05, 3.63) is 40.5 Å². The fraction of sp³-hybridized carbons (Fsp3) is 0.167. The molecule has 0 radical (unpaired) electrons. The highest BCUT2D eigenvalue weighted by atomic mass is 35.5. The summed E-state index contributed by atoms with van der Waals surface area (Å²) in [7, 11) is 0. The summed E-state index contributed by atoms with van der Waals surface area (Å²) in [6.45, 7) is 1.81. The van der Waals surface area contributed by atoms with E-state index < -0.39 is 11.9 Å². The van der Waals surface area contributed by atoms with E-state index in [0.717, 1.165) is 11.6 Å². The van der Waals surface area contributed by atoms with Crippen LogP contribution in [-0.2, 0) is 6.18 Å². The molecule has 5 nitrogen and oxygen atoms in total. The number of anilines is 3. The highest BCUT2D eigenvalue weighted by molar-refractivity contribution is 6.31. The Kier molecular flexibility index (Phi) is 4.19. The van der Waals surface area contributed by atoms with Crippen LogP contribution in [0.5, 0.6) is 0 Å². The summed E-state index contributed by atoms with van der Waals surface area (Å²) in [5.74, 6) is 4.68. The molecule has 1 aromatic carbocycles. The van der Waals surface area contributed by atoms with Crippen molar-refractivity contribution in [2.24, 2.45) is 5.84 Å². The number of benzene rings is 1. The number of hydrogen-bond donors (Lipinski definition) is 3. The minimum Gasteiger partial charge on any atom is -0.340 e. The normalized spacial score (nSPS) is 11.3. The Morgan fingerprint density at radius 2 is 1.90 bits per heavy atom. The van der Waals surface area contributed by atoms with Crippen LogP contribution < -0.4 is 16.6 Å². The monoisotopic (exact) mass is 317 g/mol. The van der Waals surface area contributed by atoms with Crippen LogP contribution in [0.15, 0.2) is 24.3 Å². The van der Waals surface area contributed by atoms with Crippen molar-refractivity contribution in [2.45, 2.75) is 13.1 Å². The summed E-state index contributed by atoms with van der Waals surface area (Å²) < 4.78 is 38.2. The van der Waals surface area contributed by atoms with E-state index in [4.69, 9.17) is 17.4 Å². The standard InChI is InChI=1S/C12H11ClF3N5/c1-6-2-3-7(4-8(6)13)18-10-5-9(12(14,15)16)19-11(20-10)21-17/h2-5H,17H2,1H3,(H2,18,19,20,21). The fourth-order valence-electron chi connectivity index (χ4n) is 1.54. The Balaban J connectivity index is 2.36. The van der Waals surface area contributed by atoms with E-state index in [-0.39, 0.29) is 11.8 Å². The van der Waals surface area contributed by atoms with Gasteiger partial charge in [-0.3, -0.25) is 5.43 Å². The van der Waals surface area contributed by atoms with Gasteiger partial charge in [-0.2, -0.15) is 18.2 Å². The van der Waals surface area contributed by atoms with Crippen LogP contribution in [0, 0.1) is 6.92 Å². The van der Waals surface area contributed by atoms with E-state index >= 15 is 0 Å². The van der Waals surface area contributed by atoms with Gasteiger partial charge in [0, 0.05) is 16.8 Å². The second-order valence-electron chi connectivity index (χ2n) is 4.19. The van der Waals surface area contributed by atoms with Gasteiger partial charge in [-0.25, -0.2) is 10.8 Å². The van der Waals surface area contributed by atoms with E-state index in [9.17, 15) is 13.2 Å². The highest BCUT2D eigenvalue weighted by Crippen LogP contribution is 2.30. The lowest BCUT2D eigenvalue weighted by molar-refractivity contribution is -0.141. The molecule has 1 aromatic heterocycles. The van der Waals surface area contributed by atoms with Gasteiger partial charge in [-0.15, -0.1) is 0 Å². The number of hydrogen-bond acceptors (Lipinski definition) is 5. The van der Waals surface area contributed by atoms with E-state index in [0.29, 0.717) is 10.7 Å². The molecule has 0 atom stereocenters. The molecule has 21 heavy (non-hydrogen) atoms. The fourth-order valence-corrected chi connectivity index (χ4v) is 1.72. The summed E-state index contributed by atoms with van der Waals surface area (Å²) in [5.41, 5.74) is 2.24. The molecule has 0 aliphatic heterocycles. The molecular formula is C12H11ClF3N5. The third-order valence-electron chi connectivity index (χ3n) is 2.59. The van der Waals surface area contributed by atoms with Crippen LogP contribution in [0.25, 0.3) is 0 Å². The highest BCUT2D eigenvalue weighted by Gasteiger charge is 2.33. The molecule has 0 spiro atoms. The number of rotatable bonds is 3. The maximum atomic E-state index is 12.7. The van der Waals surface area contributed by atoms with Crippen molar-refractivity contribution in [1.29, 1.82) is 0 Å². The molecule has 0 unspecified atom stereocenters. The van der Waals surface area contributed by atoms with Crippen molar-refractivity contribution in [2.75, 3.05) is 10.7 Å². The van der Waals surface area contributed by atoms with Crippen molar-refractivity contribution in [3.8, 4) is 0 Å². The topological polar surface area (TPSA) is 75.9 Å². The first-order valence-electron chi connectivity index (χ1n) is 5.75. The van der Waals surface area contributed by atoms with E-state index in [1.165, 1.54) is 0 Å². The Bertz CT molecular complexity index is 660. The van der Waals surface area contributed by atoms with Gasteiger partial charge in [0.2, 0.25) is 5.95 Å². The molecule has 1 heterocycles. The van der Waals surface area contributed by atoms with Crippen LogP contribution in [0.4, 0.5) is 30.6 Å². The minimum absolute atomic E-state index is 0.0507. The van der Waals surface area contributed by atoms with Gasteiger partial charge >= 0.3 is 6.18 Å². The van der Waals surface area contributed by atoms with Crippen LogP contribution in [0.1, 0.15) is 11.3 Å². The number of hydrazine groups is 1. The third-order valence-corrected chi connectivity index (χ3v) is 3.00. The maximum Gasteiger partial charge on any atom is 0.433 e. The van der Waals surface area contributed by atoms with Crippen LogP contribution in [0.3, 0.4) is 0 Å². The number of halogens is 4. The quantitative estimate of drug-likeness (QED) is 0.597. The molecule has 2 aromatic rings. The Morgan fingerprint density at radius 1 is 1.19 bits per heavy atom. The molecule has 0 saturated carbocycles. The smallest absolute Gasteiger partial charge is 0.340 e. The van der Waals surface area contributed by atoms with Gasteiger partial charge in [0.05, 0.1) is 0 Å². The predicted molar refractivity (Wildman–Crippen MR) is 74.3 cm³/mol. The van der Waals surface area contributed by atoms with Gasteiger partial charge in [0.25, 0.3) is 0 Å². The molecule has 0 aliphatic rings. The van der Waals surface area contributed by atoms with E-state index in [1.807, 2.05) is 12.3 Å². The zero-order valence-corrected chi connectivity index (χ0v) is 11.5. The first-order valence-corrected chi connectivity index (χ1v) is 6.13. The predicted octanol–water partition coefficient (Wildman–Crippen LogP) is 3.49.